The molecule has 0 amide bonds. The summed E-state index contributed by atoms with van der Waals surface area (Å²) in [5.74, 6) is 0. The number of rotatable bonds is 24. The summed E-state index contributed by atoms with van der Waals surface area (Å²) >= 11 is 0. The predicted octanol–water partition coefficient (Wildman–Crippen LogP) is 6.30. The highest BCUT2D eigenvalue weighted by Crippen LogP contribution is 2.19. The van der Waals surface area contributed by atoms with Crippen molar-refractivity contribution >= 4 is 0 Å². The Balaban J connectivity index is 3.75. The van der Waals surface area contributed by atoms with Gasteiger partial charge < -0.3 is 15.3 Å². The van der Waals surface area contributed by atoms with E-state index < -0.39 is 18.7 Å². The average molecular weight is 459 g/mol. The minimum atomic E-state index is -0.674. The van der Waals surface area contributed by atoms with Crippen LogP contribution in [-0.4, -0.2) is 51.5 Å². The summed E-state index contributed by atoms with van der Waals surface area (Å²) < 4.78 is 0. The van der Waals surface area contributed by atoms with Gasteiger partial charge in [-0.3, -0.25) is 10.2 Å². The maximum Gasteiger partial charge on any atom is 0.106 e. The molecule has 5 nitrogen and oxygen atoms in total. The molecule has 0 fully saturated rings. The lowest BCUT2D eigenvalue weighted by Crippen LogP contribution is -2.48. The van der Waals surface area contributed by atoms with Crippen LogP contribution in [0.3, 0.4) is 0 Å². The van der Waals surface area contributed by atoms with Crippen LogP contribution in [-0.2, 0) is 0 Å². The van der Waals surface area contributed by atoms with Crippen molar-refractivity contribution in [2.24, 2.45) is 0 Å². The van der Waals surface area contributed by atoms with E-state index in [1.54, 1.807) is 25.7 Å². The Morgan fingerprint density at radius 3 is 1.28 bits per heavy atom. The molecule has 0 aromatic carbocycles. The first-order valence-corrected chi connectivity index (χ1v) is 13.9. The minimum Gasteiger partial charge on any atom is -0.379 e. The van der Waals surface area contributed by atoms with Gasteiger partial charge in [0.2, 0.25) is 0 Å². The van der Waals surface area contributed by atoms with Gasteiger partial charge in [0.05, 0.1) is 0 Å². The van der Waals surface area contributed by atoms with Crippen molar-refractivity contribution in [2.45, 2.75) is 168 Å². The Labute approximate surface area is 200 Å². The third kappa shape index (κ3) is 19.3. The summed E-state index contributed by atoms with van der Waals surface area (Å²) in [6, 6.07) is 0.118. The van der Waals surface area contributed by atoms with E-state index in [0.29, 0.717) is 6.54 Å². The fourth-order valence-electron chi connectivity index (χ4n) is 4.75. The first-order chi connectivity index (χ1) is 15.4. The number of unbranched alkanes of at least 4 members (excludes halogenated alkanes) is 15. The summed E-state index contributed by atoms with van der Waals surface area (Å²) in [6.07, 6.45) is 21.7. The molecule has 5 heteroatoms. The van der Waals surface area contributed by atoms with Crippen LogP contribution in [0.25, 0.3) is 0 Å². The van der Waals surface area contributed by atoms with Gasteiger partial charge in [0.25, 0.3) is 0 Å². The SMILES string of the molecule is CCCCCCCCCCCCCCCCCCC(CCNC(C)O)N(C(C)O)C(C)O. The van der Waals surface area contributed by atoms with Gasteiger partial charge in [-0.15, -0.1) is 0 Å². The van der Waals surface area contributed by atoms with Crippen molar-refractivity contribution in [1.82, 2.24) is 10.2 Å². The van der Waals surface area contributed by atoms with Gasteiger partial charge in [0.1, 0.15) is 18.7 Å². The van der Waals surface area contributed by atoms with Crippen molar-refractivity contribution in [3.8, 4) is 0 Å². The molecule has 0 aliphatic heterocycles. The quantitative estimate of drug-likeness (QED) is 0.101. The zero-order valence-electron chi connectivity index (χ0n) is 22.0. The van der Waals surface area contributed by atoms with E-state index in [4.69, 9.17) is 0 Å². The fourth-order valence-corrected chi connectivity index (χ4v) is 4.75. The summed E-state index contributed by atoms with van der Waals surface area (Å²) in [5, 5.41) is 32.6. The van der Waals surface area contributed by atoms with Gasteiger partial charge in [0.15, 0.2) is 0 Å². The zero-order chi connectivity index (χ0) is 24.0. The minimum absolute atomic E-state index is 0.118. The van der Waals surface area contributed by atoms with Crippen LogP contribution < -0.4 is 5.32 Å². The van der Waals surface area contributed by atoms with E-state index in [2.05, 4.69) is 12.2 Å². The molecule has 0 aromatic rings. The summed E-state index contributed by atoms with van der Waals surface area (Å²) in [5.41, 5.74) is 0. The monoisotopic (exact) mass is 458 g/mol. The smallest absolute Gasteiger partial charge is 0.106 e. The first-order valence-electron chi connectivity index (χ1n) is 13.9. The second kappa shape index (κ2) is 22.6. The topological polar surface area (TPSA) is 76.0 Å². The van der Waals surface area contributed by atoms with Crippen LogP contribution in [0.1, 0.15) is 143 Å². The number of hydrogen-bond acceptors (Lipinski definition) is 5. The number of nitrogens with zero attached hydrogens (tertiary/aromatic N) is 1. The molecule has 0 radical (unpaired) electrons. The number of aliphatic hydroxyl groups is 3. The normalized spacial score (nSPS) is 15.8. The largest absolute Gasteiger partial charge is 0.379 e. The molecule has 0 aliphatic rings. The second-order valence-electron chi connectivity index (χ2n) is 9.88. The second-order valence-corrected chi connectivity index (χ2v) is 9.88. The summed E-state index contributed by atoms with van der Waals surface area (Å²) in [6.45, 7) is 8.11. The molecule has 0 bridgehead atoms. The van der Waals surface area contributed by atoms with Crippen molar-refractivity contribution in [3.63, 3.8) is 0 Å². The van der Waals surface area contributed by atoms with Gasteiger partial charge in [-0.05, 0) is 40.2 Å². The molecule has 0 saturated carbocycles. The Morgan fingerprint density at radius 2 is 0.938 bits per heavy atom. The average Bonchev–Trinajstić information content (AvgIpc) is 2.72. The van der Waals surface area contributed by atoms with E-state index in [-0.39, 0.29) is 6.04 Å². The molecule has 0 aromatic heterocycles. The van der Waals surface area contributed by atoms with Crippen LogP contribution in [0.15, 0.2) is 0 Å². The van der Waals surface area contributed by atoms with Gasteiger partial charge in [-0.2, -0.15) is 0 Å². The van der Waals surface area contributed by atoms with E-state index >= 15 is 0 Å². The molecule has 32 heavy (non-hydrogen) atoms. The van der Waals surface area contributed by atoms with Gasteiger partial charge in [0, 0.05) is 6.04 Å². The van der Waals surface area contributed by atoms with Crippen LogP contribution in [0.5, 0.6) is 0 Å². The summed E-state index contributed by atoms with van der Waals surface area (Å²) in [4.78, 5) is 1.79. The zero-order valence-corrected chi connectivity index (χ0v) is 22.0. The molecule has 4 atom stereocenters. The van der Waals surface area contributed by atoms with Gasteiger partial charge >= 0.3 is 0 Å². The number of hydrogen-bond donors (Lipinski definition) is 4. The lowest BCUT2D eigenvalue weighted by atomic mass is 10.0. The third-order valence-electron chi connectivity index (χ3n) is 6.59. The van der Waals surface area contributed by atoms with E-state index in [9.17, 15) is 15.3 Å². The lowest BCUT2D eigenvalue weighted by molar-refractivity contribution is -0.112. The molecule has 0 heterocycles. The Hall–Kier alpha value is -0.200. The summed E-state index contributed by atoms with van der Waals surface area (Å²) in [7, 11) is 0. The van der Waals surface area contributed by atoms with E-state index in [1.165, 1.54) is 96.3 Å². The highest BCUT2D eigenvalue weighted by molar-refractivity contribution is 4.75. The maximum atomic E-state index is 10.1. The third-order valence-corrected chi connectivity index (χ3v) is 6.59. The van der Waals surface area contributed by atoms with Crippen molar-refractivity contribution < 1.29 is 15.3 Å². The molecule has 4 N–H and O–H groups in total. The van der Waals surface area contributed by atoms with Crippen LogP contribution in [0.2, 0.25) is 0 Å². The lowest BCUT2D eigenvalue weighted by Gasteiger charge is -2.36. The molecule has 4 unspecified atom stereocenters. The standard InChI is InChI=1S/C27H58N2O3/c1-5-6-7-8-9-10-11-12-13-14-15-16-17-18-19-20-21-27(22-23-28-24(2)30)29(25(3)31)26(4)32/h24-28,30-32H,5-23H2,1-4H3. The molecular weight excluding hydrogens is 400 g/mol. The molecule has 194 valence electrons. The maximum absolute atomic E-state index is 10.1. The Morgan fingerprint density at radius 1 is 0.562 bits per heavy atom. The highest BCUT2D eigenvalue weighted by Gasteiger charge is 2.25. The van der Waals surface area contributed by atoms with Crippen LogP contribution in [0, 0.1) is 0 Å². The fraction of sp³-hybridized carbons (Fsp3) is 1.00. The molecule has 0 spiro atoms. The Kier molecular flexibility index (Phi) is 22.4. The predicted molar refractivity (Wildman–Crippen MR) is 137 cm³/mol. The molecular formula is C27H58N2O3. The van der Waals surface area contributed by atoms with E-state index in [0.717, 1.165) is 19.3 Å². The van der Waals surface area contributed by atoms with Gasteiger partial charge in [-0.1, -0.05) is 110 Å². The van der Waals surface area contributed by atoms with Gasteiger partial charge in [-0.25, -0.2) is 0 Å². The number of nitrogens with one attached hydrogen (secondary N) is 1. The van der Waals surface area contributed by atoms with E-state index in [1.807, 2.05) is 0 Å². The molecule has 0 saturated heterocycles. The first kappa shape index (κ1) is 31.8. The molecule has 0 aliphatic carbocycles. The highest BCUT2D eigenvalue weighted by atomic mass is 16.3. The number of aliphatic hydroxyl groups excluding tert-OH is 3. The Bertz CT molecular complexity index is 370. The van der Waals surface area contributed by atoms with Crippen LogP contribution >= 0.6 is 0 Å². The van der Waals surface area contributed by atoms with Crippen molar-refractivity contribution in [2.75, 3.05) is 6.54 Å². The van der Waals surface area contributed by atoms with Crippen LogP contribution in [0.4, 0.5) is 0 Å². The van der Waals surface area contributed by atoms with Crippen molar-refractivity contribution in [1.29, 1.82) is 0 Å². The molecule has 0 rings (SSSR count). The van der Waals surface area contributed by atoms with Crippen molar-refractivity contribution in [3.05, 3.63) is 0 Å².